The zero-order chi connectivity index (χ0) is 32.2. The quantitative estimate of drug-likeness (QED) is 0.184. The summed E-state index contributed by atoms with van der Waals surface area (Å²) in [5.41, 5.74) is 4.50. The molecular formula is C36H35N3O7. The average Bonchev–Trinajstić information content (AvgIpc) is 3.37. The first-order valence-corrected chi connectivity index (χ1v) is 15.2. The second kappa shape index (κ2) is 13.7. The number of hydrogen-bond acceptors (Lipinski definition) is 9. The van der Waals surface area contributed by atoms with Crippen molar-refractivity contribution in [1.29, 1.82) is 0 Å². The van der Waals surface area contributed by atoms with Crippen molar-refractivity contribution in [3.63, 3.8) is 0 Å². The Labute approximate surface area is 266 Å². The maximum Gasteiger partial charge on any atom is 0.346 e. The number of carbonyl (C=O) groups excluding carboxylic acids is 3. The first kappa shape index (κ1) is 31.3. The molecule has 10 heteroatoms. The third-order valence-electron chi connectivity index (χ3n) is 8.41. The first-order chi connectivity index (χ1) is 22.3. The predicted molar refractivity (Wildman–Crippen MR) is 169 cm³/mol. The standard InChI is InChI=1S/C36H35N3O7/c1-22-31(20-39(2)17-15-27-7-3-4-16-37-27)44-36(45-32(22)24-11-9-23(21-40)10-12-24)26-6-5-8-28(18-26)38-33(41)25-13-14-29-30(19-25)35(43)46-34(29)42/h3-14,16,18-19,22,31-32,36,40H,15,17,20-21H2,1-2H3,(H,38,41)/t22-,31+,32+,36?/m0/s1. The van der Waals surface area contributed by atoms with Gasteiger partial charge in [-0.3, -0.25) is 9.78 Å². The lowest BCUT2D eigenvalue weighted by molar-refractivity contribution is -0.275. The topological polar surface area (TPSA) is 127 Å². The molecule has 3 heterocycles. The monoisotopic (exact) mass is 621 g/mol. The van der Waals surface area contributed by atoms with Crippen molar-refractivity contribution in [2.24, 2.45) is 5.92 Å². The van der Waals surface area contributed by atoms with E-state index in [1.165, 1.54) is 18.2 Å². The highest BCUT2D eigenvalue weighted by molar-refractivity contribution is 6.16. The second-order valence-corrected chi connectivity index (χ2v) is 11.7. The predicted octanol–water partition coefficient (Wildman–Crippen LogP) is 5.10. The van der Waals surface area contributed by atoms with E-state index in [0.29, 0.717) is 12.2 Å². The minimum Gasteiger partial charge on any atom is -0.392 e. The smallest absolute Gasteiger partial charge is 0.346 e. The molecule has 46 heavy (non-hydrogen) atoms. The third kappa shape index (κ3) is 6.90. The van der Waals surface area contributed by atoms with E-state index in [1.54, 1.807) is 18.3 Å². The number of benzene rings is 3. The number of fused-ring (bicyclic) bond motifs is 1. The molecule has 0 bridgehead atoms. The maximum absolute atomic E-state index is 13.1. The van der Waals surface area contributed by atoms with E-state index in [0.717, 1.165) is 35.3 Å². The van der Waals surface area contributed by atoms with E-state index < -0.39 is 24.1 Å². The molecule has 1 saturated heterocycles. The number of ether oxygens (including phenoxy) is 3. The highest BCUT2D eigenvalue weighted by Crippen LogP contribution is 2.42. The summed E-state index contributed by atoms with van der Waals surface area (Å²) in [6.45, 7) is 3.55. The fourth-order valence-corrected chi connectivity index (χ4v) is 5.77. The Kier molecular flexibility index (Phi) is 9.32. The largest absolute Gasteiger partial charge is 0.392 e. The van der Waals surface area contributed by atoms with Gasteiger partial charge in [0.25, 0.3) is 5.91 Å². The van der Waals surface area contributed by atoms with Gasteiger partial charge in [0.05, 0.1) is 29.9 Å². The summed E-state index contributed by atoms with van der Waals surface area (Å²) in [7, 11) is 2.07. The van der Waals surface area contributed by atoms with Crippen LogP contribution >= 0.6 is 0 Å². The molecule has 4 aromatic rings. The van der Waals surface area contributed by atoms with Crippen LogP contribution in [0.25, 0.3) is 0 Å². The van der Waals surface area contributed by atoms with Gasteiger partial charge in [-0.15, -0.1) is 0 Å². The molecule has 2 N–H and O–H groups in total. The normalized spacial score (nSPS) is 20.8. The second-order valence-electron chi connectivity index (χ2n) is 11.7. The fraction of sp³-hybridized carbons (Fsp3) is 0.278. The van der Waals surface area contributed by atoms with Crippen LogP contribution in [0.1, 0.15) is 72.8 Å². The van der Waals surface area contributed by atoms with Crippen LogP contribution < -0.4 is 5.32 Å². The van der Waals surface area contributed by atoms with Gasteiger partial charge in [-0.1, -0.05) is 49.4 Å². The molecule has 1 fully saturated rings. The van der Waals surface area contributed by atoms with Crippen molar-refractivity contribution in [2.45, 2.75) is 38.4 Å². The Morgan fingerprint density at radius 2 is 1.72 bits per heavy atom. The molecule has 1 unspecified atom stereocenters. The summed E-state index contributed by atoms with van der Waals surface area (Å²) >= 11 is 0. The highest BCUT2D eigenvalue weighted by Gasteiger charge is 2.39. The molecule has 236 valence electrons. The van der Waals surface area contributed by atoms with E-state index in [2.05, 4.69) is 33.9 Å². The van der Waals surface area contributed by atoms with Crippen molar-refractivity contribution in [3.8, 4) is 0 Å². The molecule has 2 aliphatic heterocycles. The molecule has 10 nitrogen and oxygen atoms in total. The molecule has 1 amide bonds. The SMILES string of the molecule is C[C@H]1[C@@H](CN(C)CCc2ccccn2)OC(c2cccc(NC(=O)c3ccc4c(c3)C(=O)OC4=O)c2)O[C@H]1c1ccc(CO)cc1. The Morgan fingerprint density at radius 1 is 0.913 bits per heavy atom. The molecule has 0 saturated carbocycles. The number of likely N-dealkylation sites (N-methyl/N-ethyl adjacent to an activating group) is 1. The summed E-state index contributed by atoms with van der Waals surface area (Å²) in [4.78, 5) is 43.6. The lowest BCUT2D eigenvalue weighted by atomic mass is 9.90. The maximum atomic E-state index is 13.1. The Bertz CT molecular complexity index is 1730. The molecule has 0 radical (unpaired) electrons. The number of hydrogen-bond donors (Lipinski definition) is 2. The van der Waals surface area contributed by atoms with Crippen LogP contribution in [-0.2, 0) is 27.2 Å². The van der Waals surface area contributed by atoms with Gasteiger partial charge in [0, 0.05) is 54.1 Å². The van der Waals surface area contributed by atoms with Crippen LogP contribution in [0.4, 0.5) is 5.69 Å². The van der Waals surface area contributed by atoms with Crippen LogP contribution in [0.3, 0.4) is 0 Å². The fourth-order valence-electron chi connectivity index (χ4n) is 5.77. The van der Waals surface area contributed by atoms with Gasteiger partial charge in [0.15, 0.2) is 6.29 Å². The Balaban J connectivity index is 1.20. The number of carbonyl (C=O) groups is 3. The van der Waals surface area contributed by atoms with Crippen molar-refractivity contribution in [1.82, 2.24) is 9.88 Å². The van der Waals surface area contributed by atoms with Gasteiger partial charge in [-0.2, -0.15) is 0 Å². The number of amides is 1. The molecule has 1 aromatic heterocycles. The summed E-state index contributed by atoms with van der Waals surface area (Å²) in [6.07, 6.45) is 1.44. The molecule has 3 aromatic carbocycles. The van der Waals surface area contributed by atoms with E-state index in [9.17, 15) is 19.5 Å². The zero-order valence-electron chi connectivity index (χ0n) is 25.6. The van der Waals surface area contributed by atoms with E-state index in [1.807, 2.05) is 54.6 Å². The molecule has 0 aliphatic carbocycles. The van der Waals surface area contributed by atoms with Gasteiger partial charge >= 0.3 is 11.9 Å². The average molecular weight is 622 g/mol. The summed E-state index contributed by atoms with van der Waals surface area (Å²) in [5, 5.41) is 12.4. The van der Waals surface area contributed by atoms with Crippen molar-refractivity contribution in [2.75, 3.05) is 25.5 Å². The molecule has 6 rings (SSSR count). The molecule has 4 atom stereocenters. The van der Waals surface area contributed by atoms with Gasteiger partial charge in [0.2, 0.25) is 0 Å². The van der Waals surface area contributed by atoms with E-state index in [-0.39, 0.29) is 41.4 Å². The van der Waals surface area contributed by atoms with Gasteiger partial charge in [-0.05, 0) is 60.6 Å². The number of esters is 2. The van der Waals surface area contributed by atoms with Gasteiger partial charge in [-0.25, -0.2) is 9.59 Å². The number of cyclic esters (lactones) is 2. The summed E-state index contributed by atoms with van der Waals surface area (Å²) < 4.78 is 17.8. The van der Waals surface area contributed by atoms with Gasteiger partial charge < -0.3 is 29.5 Å². The number of nitrogens with one attached hydrogen (secondary N) is 1. The molecule has 2 aliphatic rings. The van der Waals surface area contributed by atoms with Crippen molar-refractivity contribution < 1.29 is 33.7 Å². The number of nitrogens with zero attached hydrogens (tertiary/aromatic N) is 2. The van der Waals surface area contributed by atoms with Crippen LogP contribution in [0.5, 0.6) is 0 Å². The summed E-state index contributed by atoms with van der Waals surface area (Å²) in [6, 6.07) is 25.2. The molecule has 0 spiro atoms. The minimum atomic E-state index is -0.769. The number of aromatic nitrogens is 1. The zero-order valence-corrected chi connectivity index (χ0v) is 25.6. The van der Waals surface area contributed by atoms with Crippen molar-refractivity contribution >= 4 is 23.5 Å². The van der Waals surface area contributed by atoms with Crippen LogP contribution in [0.15, 0.2) is 91.1 Å². The van der Waals surface area contributed by atoms with Crippen LogP contribution in [0, 0.1) is 5.92 Å². The lowest BCUT2D eigenvalue weighted by Gasteiger charge is -2.42. The Morgan fingerprint density at radius 3 is 2.48 bits per heavy atom. The van der Waals surface area contributed by atoms with E-state index >= 15 is 0 Å². The lowest BCUT2D eigenvalue weighted by Crippen LogP contribution is -2.44. The van der Waals surface area contributed by atoms with Crippen LogP contribution in [-0.4, -0.2) is 59.1 Å². The molecular weight excluding hydrogens is 586 g/mol. The number of aliphatic hydroxyl groups is 1. The van der Waals surface area contributed by atoms with Crippen LogP contribution in [0.2, 0.25) is 0 Å². The third-order valence-corrected chi connectivity index (χ3v) is 8.41. The highest BCUT2D eigenvalue weighted by atomic mass is 16.7. The number of pyridine rings is 1. The number of anilines is 1. The summed E-state index contributed by atoms with van der Waals surface area (Å²) in [5.74, 6) is -1.92. The minimum absolute atomic E-state index is 0.00907. The van der Waals surface area contributed by atoms with Crippen molar-refractivity contribution in [3.05, 3.63) is 130 Å². The number of rotatable bonds is 10. The Hall–Kier alpha value is -4.74. The number of aliphatic hydroxyl groups excluding tert-OH is 1. The van der Waals surface area contributed by atoms with Gasteiger partial charge in [0.1, 0.15) is 0 Å². The first-order valence-electron chi connectivity index (χ1n) is 15.2. The van der Waals surface area contributed by atoms with E-state index in [4.69, 9.17) is 9.47 Å².